The molecule has 0 N–H and O–H groups in total. The summed E-state index contributed by atoms with van der Waals surface area (Å²) in [4.78, 5) is 1.34. The molecule has 0 unspecified atom stereocenters. The predicted molar refractivity (Wildman–Crippen MR) is 83.7 cm³/mol. The van der Waals surface area contributed by atoms with E-state index in [9.17, 15) is 17.2 Å². The molecule has 1 aliphatic rings. The standard InChI is InChI=1S/C16H16F2N2O2S/c1-19-9-10-20(14-7-3-2-5-12(14)11-19)23(21,22)15-8-4-6-13(17)16(15)18/h2-8H,9-11H2,1H3. The van der Waals surface area contributed by atoms with Crippen LogP contribution in [0.1, 0.15) is 5.56 Å². The lowest BCUT2D eigenvalue weighted by Crippen LogP contribution is -2.35. The van der Waals surface area contributed by atoms with Crippen LogP contribution in [0.5, 0.6) is 0 Å². The van der Waals surface area contributed by atoms with Crippen LogP contribution in [0.3, 0.4) is 0 Å². The number of hydrogen-bond donors (Lipinski definition) is 0. The fraction of sp³-hybridized carbons (Fsp3) is 0.250. The highest BCUT2D eigenvalue weighted by Crippen LogP contribution is 2.31. The molecule has 0 atom stereocenters. The summed E-state index contributed by atoms with van der Waals surface area (Å²) in [6.07, 6.45) is 0. The second-order valence-corrected chi connectivity index (χ2v) is 7.33. The van der Waals surface area contributed by atoms with Gasteiger partial charge in [0.05, 0.1) is 5.69 Å². The van der Waals surface area contributed by atoms with Crippen LogP contribution in [0, 0.1) is 11.6 Å². The van der Waals surface area contributed by atoms with Gasteiger partial charge in [-0.3, -0.25) is 4.31 Å². The molecule has 0 spiro atoms. The Bertz CT molecular complexity index is 840. The first kappa shape index (κ1) is 15.9. The first-order valence-corrected chi connectivity index (χ1v) is 8.58. The van der Waals surface area contributed by atoms with Crippen molar-refractivity contribution in [1.29, 1.82) is 0 Å². The number of rotatable bonds is 2. The van der Waals surface area contributed by atoms with Crippen LogP contribution in [-0.2, 0) is 16.6 Å². The Morgan fingerprint density at radius 1 is 1.00 bits per heavy atom. The minimum Gasteiger partial charge on any atom is -0.300 e. The van der Waals surface area contributed by atoms with Gasteiger partial charge in [0.15, 0.2) is 11.6 Å². The van der Waals surface area contributed by atoms with Crippen LogP contribution in [0.4, 0.5) is 14.5 Å². The van der Waals surface area contributed by atoms with Crippen LogP contribution in [0.15, 0.2) is 47.4 Å². The van der Waals surface area contributed by atoms with Crippen LogP contribution in [-0.4, -0.2) is 33.5 Å². The summed E-state index contributed by atoms with van der Waals surface area (Å²) in [6, 6.07) is 10.3. The van der Waals surface area contributed by atoms with Gasteiger partial charge >= 0.3 is 0 Å². The van der Waals surface area contributed by atoms with E-state index in [0.29, 0.717) is 18.8 Å². The molecule has 2 aromatic carbocycles. The molecule has 2 aromatic rings. The molecule has 0 saturated carbocycles. The molecule has 0 aromatic heterocycles. The summed E-state index contributed by atoms with van der Waals surface area (Å²) < 4.78 is 54.4. The normalized spacial score (nSPS) is 16.0. The number of sulfonamides is 1. The maximum absolute atomic E-state index is 14.0. The van der Waals surface area contributed by atoms with Crippen LogP contribution < -0.4 is 4.31 Å². The van der Waals surface area contributed by atoms with E-state index in [4.69, 9.17) is 0 Å². The smallest absolute Gasteiger partial charge is 0.267 e. The molecule has 0 saturated heterocycles. The maximum atomic E-state index is 14.0. The number of benzene rings is 2. The molecule has 7 heteroatoms. The topological polar surface area (TPSA) is 40.6 Å². The second-order valence-electron chi connectivity index (χ2n) is 5.50. The van der Waals surface area contributed by atoms with Gasteiger partial charge in [-0.1, -0.05) is 24.3 Å². The first-order chi connectivity index (χ1) is 10.9. The van der Waals surface area contributed by atoms with E-state index in [0.717, 1.165) is 22.0 Å². The molecule has 0 fully saturated rings. The van der Waals surface area contributed by atoms with Gasteiger partial charge in [-0.2, -0.15) is 0 Å². The molecular formula is C16H16F2N2O2S. The van der Waals surface area contributed by atoms with Crippen molar-refractivity contribution in [3.8, 4) is 0 Å². The molecule has 0 aliphatic carbocycles. The minimum absolute atomic E-state index is 0.172. The van der Waals surface area contributed by atoms with Crippen LogP contribution >= 0.6 is 0 Å². The molecule has 122 valence electrons. The Morgan fingerprint density at radius 3 is 2.52 bits per heavy atom. The molecular weight excluding hydrogens is 322 g/mol. The summed E-state index contributed by atoms with van der Waals surface area (Å²) in [7, 11) is -2.30. The summed E-state index contributed by atoms with van der Waals surface area (Å²) in [5, 5.41) is 0. The van der Waals surface area contributed by atoms with Gasteiger partial charge in [0, 0.05) is 19.6 Å². The third-order valence-electron chi connectivity index (χ3n) is 3.87. The number of hydrogen-bond acceptors (Lipinski definition) is 3. The molecule has 3 rings (SSSR count). The van der Waals surface area contributed by atoms with Crippen LogP contribution in [0.2, 0.25) is 0 Å². The SMILES string of the molecule is CN1CCN(S(=O)(=O)c2cccc(F)c2F)c2ccccc2C1. The molecule has 1 aliphatic heterocycles. The van der Waals surface area contributed by atoms with Crippen molar-refractivity contribution < 1.29 is 17.2 Å². The summed E-state index contributed by atoms with van der Waals surface area (Å²) >= 11 is 0. The molecule has 4 nitrogen and oxygen atoms in total. The second kappa shape index (κ2) is 5.90. The molecule has 0 radical (unpaired) electrons. The van der Waals surface area contributed by atoms with Crippen molar-refractivity contribution in [3.05, 3.63) is 59.7 Å². The zero-order valence-electron chi connectivity index (χ0n) is 12.5. The highest BCUT2D eigenvalue weighted by Gasteiger charge is 2.31. The van der Waals surface area contributed by atoms with Crippen molar-refractivity contribution in [2.75, 3.05) is 24.4 Å². The third kappa shape index (κ3) is 2.82. The fourth-order valence-corrected chi connectivity index (χ4v) is 4.26. The lowest BCUT2D eigenvalue weighted by Gasteiger charge is -2.24. The Balaban J connectivity index is 2.15. The number of nitrogens with zero attached hydrogens (tertiary/aromatic N) is 2. The average Bonchev–Trinajstić information content (AvgIpc) is 2.68. The first-order valence-electron chi connectivity index (χ1n) is 7.14. The number of fused-ring (bicyclic) bond motifs is 1. The Morgan fingerprint density at radius 2 is 1.74 bits per heavy atom. The average molecular weight is 338 g/mol. The summed E-state index contributed by atoms with van der Waals surface area (Å²) in [5.41, 5.74) is 1.33. The number of halogens is 2. The summed E-state index contributed by atoms with van der Waals surface area (Å²) in [5.74, 6) is -2.52. The van der Waals surface area contributed by atoms with Crippen molar-refractivity contribution in [2.45, 2.75) is 11.4 Å². The number of para-hydroxylation sites is 1. The lowest BCUT2D eigenvalue weighted by molar-refractivity contribution is 0.344. The lowest BCUT2D eigenvalue weighted by atomic mass is 10.2. The monoisotopic (exact) mass is 338 g/mol. The Hall–Kier alpha value is -1.99. The Labute approximate surface area is 134 Å². The zero-order valence-corrected chi connectivity index (χ0v) is 13.4. The van der Waals surface area contributed by atoms with Gasteiger partial charge < -0.3 is 4.90 Å². The molecule has 0 bridgehead atoms. The van der Waals surface area contributed by atoms with Gasteiger partial charge in [0.2, 0.25) is 0 Å². The van der Waals surface area contributed by atoms with Crippen molar-refractivity contribution in [2.24, 2.45) is 0 Å². The number of anilines is 1. The van der Waals surface area contributed by atoms with Gasteiger partial charge in [0.25, 0.3) is 10.0 Å². The zero-order chi connectivity index (χ0) is 16.6. The largest absolute Gasteiger partial charge is 0.300 e. The van der Waals surface area contributed by atoms with E-state index in [1.54, 1.807) is 12.1 Å². The van der Waals surface area contributed by atoms with Crippen molar-refractivity contribution in [3.63, 3.8) is 0 Å². The highest BCUT2D eigenvalue weighted by molar-refractivity contribution is 7.92. The van der Waals surface area contributed by atoms with E-state index in [1.807, 2.05) is 24.1 Å². The highest BCUT2D eigenvalue weighted by atomic mass is 32.2. The van der Waals surface area contributed by atoms with Crippen LogP contribution in [0.25, 0.3) is 0 Å². The van der Waals surface area contributed by atoms with E-state index in [2.05, 4.69) is 0 Å². The van der Waals surface area contributed by atoms with Gasteiger partial charge in [-0.25, -0.2) is 17.2 Å². The number of likely N-dealkylation sites (N-methyl/N-ethyl adjacent to an activating group) is 1. The summed E-state index contributed by atoms with van der Waals surface area (Å²) in [6.45, 7) is 1.25. The van der Waals surface area contributed by atoms with Gasteiger partial charge in [-0.15, -0.1) is 0 Å². The maximum Gasteiger partial charge on any atom is 0.267 e. The van der Waals surface area contributed by atoms with E-state index >= 15 is 0 Å². The predicted octanol–water partition coefficient (Wildman–Crippen LogP) is 2.61. The molecule has 0 amide bonds. The van der Waals surface area contributed by atoms with E-state index in [-0.39, 0.29) is 6.54 Å². The van der Waals surface area contributed by atoms with E-state index in [1.165, 1.54) is 6.07 Å². The Kier molecular flexibility index (Phi) is 4.08. The minimum atomic E-state index is -4.18. The quantitative estimate of drug-likeness (QED) is 0.845. The fourth-order valence-electron chi connectivity index (χ4n) is 2.69. The van der Waals surface area contributed by atoms with Crippen molar-refractivity contribution >= 4 is 15.7 Å². The molecule has 1 heterocycles. The van der Waals surface area contributed by atoms with Crippen molar-refractivity contribution in [1.82, 2.24) is 4.90 Å². The molecule has 23 heavy (non-hydrogen) atoms. The van der Waals surface area contributed by atoms with Gasteiger partial charge in [0.1, 0.15) is 4.90 Å². The van der Waals surface area contributed by atoms with Gasteiger partial charge in [-0.05, 0) is 30.8 Å². The van der Waals surface area contributed by atoms with E-state index < -0.39 is 26.6 Å². The third-order valence-corrected chi connectivity index (χ3v) is 5.70.